The molecule has 4 aromatic rings. The molecule has 1 aliphatic carbocycles. The fourth-order valence-corrected chi connectivity index (χ4v) is 3.58. The Labute approximate surface area is 171 Å². The van der Waals surface area contributed by atoms with E-state index in [9.17, 15) is 14.6 Å². The number of hydrogen-bond donors (Lipinski definition) is 4. The predicted octanol–water partition coefficient (Wildman–Crippen LogP) is 2.45. The molecule has 30 heavy (non-hydrogen) atoms. The zero-order valence-electron chi connectivity index (χ0n) is 16.1. The monoisotopic (exact) mass is 408 g/mol. The lowest BCUT2D eigenvalue weighted by molar-refractivity contribution is 0.135. The first kappa shape index (κ1) is 18.7. The number of pyridine rings is 1. The summed E-state index contributed by atoms with van der Waals surface area (Å²) in [5.74, 6) is 1.31. The molecule has 0 atom stereocenters. The molecule has 154 valence electrons. The second-order valence-corrected chi connectivity index (χ2v) is 7.64. The maximum absolute atomic E-state index is 13.3. The van der Waals surface area contributed by atoms with Crippen molar-refractivity contribution in [3.05, 3.63) is 65.9 Å². The van der Waals surface area contributed by atoms with Gasteiger partial charge in [0, 0.05) is 17.7 Å². The number of imidazole rings is 1. The number of H-pyrrole nitrogens is 1. The second kappa shape index (κ2) is 7.19. The number of aromatic amines is 1. The molecule has 4 N–H and O–H groups in total. The topological polar surface area (TPSA) is 112 Å². The van der Waals surface area contributed by atoms with E-state index in [0.717, 1.165) is 5.69 Å². The molecule has 1 fully saturated rings. The van der Waals surface area contributed by atoms with Crippen LogP contribution in [0.1, 0.15) is 30.0 Å². The number of halogens is 1. The molecule has 8 nitrogen and oxygen atoms in total. The quantitative estimate of drug-likeness (QED) is 0.374. The number of aliphatic hydroxyl groups is 2. The van der Waals surface area contributed by atoms with Crippen molar-refractivity contribution in [2.24, 2.45) is 0 Å². The Morgan fingerprint density at radius 3 is 2.60 bits per heavy atom. The normalized spacial score (nSPS) is 14.4. The number of nitrogens with one attached hydrogen (secondary N) is 2. The number of rotatable bonds is 7. The van der Waals surface area contributed by atoms with Crippen molar-refractivity contribution >= 4 is 17.0 Å². The fraction of sp³-hybridized carbons (Fsp3) is 0.286. The van der Waals surface area contributed by atoms with E-state index in [0.29, 0.717) is 34.3 Å². The van der Waals surface area contributed by atoms with Gasteiger partial charge in [-0.2, -0.15) is 5.10 Å². The Bertz CT molecular complexity index is 1180. The van der Waals surface area contributed by atoms with Crippen LogP contribution < -0.4 is 5.32 Å². The summed E-state index contributed by atoms with van der Waals surface area (Å²) in [6.45, 7) is -0.809. The van der Waals surface area contributed by atoms with E-state index in [-0.39, 0.29) is 0 Å². The van der Waals surface area contributed by atoms with E-state index in [1.807, 2.05) is 6.07 Å². The van der Waals surface area contributed by atoms with Crippen molar-refractivity contribution in [3.8, 4) is 5.82 Å². The third-order valence-corrected chi connectivity index (χ3v) is 5.55. The third-order valence-electron chi connectivity index (χ3n) is 5.55. The molecule has 0 saturated heterocycles. The van der Waals surface area contributed by atoms with Gasteiger partial charge in [-0.25, -0.2) is 14.4 Å². The summed E-state index contributed by atoms with van der Waals surface area (Å²) >= 11 is 0. The largest absolute Gasteiger partial charge is 0.393 e. The van der Waals surface area contributed by atoms with Gasteiger partial charge >= 0.3 is 0 Å². The average molecular weight is 408 g/mol. The van der Waals surface area contributed by atoms with Crippen molar-refractivity contribution in [2.45, 2.75) is 24.3 Å². The first-order chi connectivity index (χ1) is 14.6. The maximum atomic E-state index is 13.3. The van der Waals surface area contributed by atoms with Crippen LogP contribution in [0, 0.1) is 5.82 Å². The highest BCUT2D eigenvalue weighted by atomic mass is 19.1. The van der Waals surface area contributed by atoms with Crippen LogP contribution in [0.15, 0.2) is 48.8 Å². The molecule has 5 rings (SSSR count). The number of nitrogens with zero attached hydrogens (tertiary/aromatic N) is 4. The highest BCUT2D eigenvalue weighted by Crippen LogP contribution is 2.39. The Morgan fingerprint density at radius 1 is 1.13 bits per heavy atom. The van der Waals surface area contributed by atoms with E-state index < -0.39 is 24.6 Å². The van der Waals surface area contributed by atoms with Crippen molar-refractivity contribution in [2.75, 3.05) is 18.5 Å². The highest BCUT2D eigenvalue weighted by molar-refractivity contribution is 5.75. The maximum Gasteiger partial charge on any atom is 0.168 e. The van der Waals surface area contributed by atoms with Crippen molar-refractivity contribution in [1.82, 2.24) is 24.7 Å². The van der Waals surface area contributed by atoms with Crippen LogP contribution in [0.3, 0.4) is 0 Å². The third kappa shape index (κ3) is 3.21. The van der Waals surface area contributed by atoms with Gasteiger partial charge < -0.3 is 15.5 Å². The van der Waals surface area contributed by atoms with Gasteiger partial charge in [0.15, 0.2) is 11.5 Å². The van der Waals surface area contributed by atoms with Gasteiger partial charge in [-0.3, -0.25) is 9.67 Å². The molecular weight excluding hydrogens is 387 g/mol. The van der Waals surface area contributed by atoms with Gasteiger partial charge in [0.1, 0.15) is 29.0 Å². The summed E-state index contributed by atoms with van der Waals surface area (Å²) in [6, 6.07) is 11.2. The summed E-state index contributed by atoms with van der Waals surface area (Å²) in [5, 5.41) is 30.7. The minimum absolute atomic E-state index is 0.392. The number of anilines is 1. The summed E-state index contributed by atoms with van der Waals surface area (Å²) in [7, 11) is 0. The Hall–Kier alpha value is -3.30. The van der Waals surface area contributed by atoms with Gasteiger partial charge in [0.2, 0.25) is 0 Å². The molecule has 3 heterocycles. The summed E-state index contributed by atoms with van der Waals surface area (Å²) in [5.41, 5.74) is 1.72. The lowest BCUT2D eigenvalue weighted by Crippen LogP contribution is -2.43. The Balaban J connectivity index is 1.51. The molecule has 1 saturated carbocycles. The molecule has 1 aromatic carbocycles. The van der Waals surface area contributed by atoms with E-state index in [1.54, 1.807) is 23.0 Å². The lowest BCUT2D eigenvalue weighted by Gasteiger charge is -2.32. The van der Waals surface area contributed by atoms with E-state index >= 15 is 0 Å². The van der Waals surface area contributed by atoms with Crippen LogP contribution in [0.5, 0.6) is 0 Å². The van der Waals surface area contributed by atoms with E-state index in [2.05, 4.69) is 25.5 Å². The van der Waals surface area contributed by atoms with Crippen molar-refractivity contribution < 1.29 is 14.6 Å². The standard InChI is InChI=1S/C21H21FN6O2/c22-15-5-3-14(4-6-15)21(10-29,11-30)25-18-8-7-16-20(24-18)28(12-23-16)19-9-17(26-27-19)13-1-2-13/h3-9,12-13,29-30H,1-2,10-11H2,(H,24,25)(H,26,27). The van der Waals surface area contributed by atoms with E-state index in [1.165, 1.54) is 37.1 Å². The summed E-state index contributed by atoms with van der Waals surface area (Å²) in [4.78, 5) is 9.03. The van der Waals surface area contributed by atoms with Crippen molar-refractivity contribution in [3.63, 3.8) is 0 Å². The smallest absolute Gasteiger partial charge is 0.168 e. The van der Waals surface area contributed by atoms with Gasteiger partial charge in [-0.15, -0.1) is 0 Å². The van der Waals surface area contributed by atoms with Crippen LogP contribution in [-0.4, -0.2) is 48.2 Å². The highest BCUT2D eigenvalue weighted by Gasteiger charge is 2.32. The van der Waals surface area contributed by atoms with Gasteiger partial charge in [0.25, 0.3) is 0 Å². The summed E-state index contributed by atoms with van der Waals surface area (Å²) in [6.07, 6.45) is 4.01. The molecule has 0 radical (unpaired) electrons. The SMILES string of the molecule is OCC(CO)(Nc1ccc2ncn(-c3cc(C4CC4)[nH]n3)c2n1)c1ccc(F)cc1. The minimum atomic E-state index is -1.22. The van der Waals surface area contributed by atoms with Crippen molar-refractivity contribution in [1.29, 1.82) is 0 Å². The van der Waals surface area contributed by atoms with Gasteiger partial charge in [-0.05, 0) is 42.7 Å². The Morgan fingerprint density at radius 2 is 1.90 bits per heavy atom. The summed E-state index contributed by atoms with van der Waals surface area (Å²) < 4.78 is 15.1. The van der Waals surface area contributed by atoms with Crippen LogP contribution >= 0.6 is 0 Å². The molecule has 0 amide bonds. The van der Waals surface area contributed by atoms with Gasteiger partial charge in [-0.1, -0.05) is 12.1 Å². The molecule has 0 aliphatic heterocycles. The molecule has 9 heteroatoms. The molecule has 3 aromatic heterocycles. The lowest BCUT2D eigenvalue weighted by atomic mass is 9.91. The number of benzene rings is 1. The van der Waals surface area contributed by atoms with Crippen LogP contribution in [0.4, 0.5) is 10.2 Å². The number of aromatic nitrogens is 5. The van der Waals surface area contributed by atoms with Crippen LogP contribution in [0.2, 0.25) is 0 Å². The Kier molecular flexibility index (Phi) is 4.48. The zero-order chi connectivity index (χ0) is 20.7. The predicted molar refractivity (Wildman–Crippen MR) is 109 cm³/mol. The molecule has 0 spiro atoms. The number of fused-ring (bicyclic) bond motifs is 1. The minimum Gasteiger partial charge on any atom is -0.393 e. The van der Waals surface area contributed by atoms with Gasteiger partial charge in [0.05, 0.1) is 13.2 Å². The van der Waals surface area contributed by atoms with Crippen LogP contribution in [0.25, 0.3) is 17.0 Å². The molecule has 0 bridgehead atoms. The molecule has 1 aliphatic rings. The fourth-order valence-electron chi connectivity index (χ4n) is 3.58. The number of hydrogen-bond acceptors (Lipinski definition) is 6. The van der Waals surface area contributed by atoms with Crippen LogP contribution in [-0.2, 0) is 5.54 Å². The molecular formula is C21H21FN6O2. The van der Waals surface area contributed by atoms with E-state index in [4.69, 9.17) is 0 Å². The average Bonchev–Trinajstić information content (AvgIpc) is 3.36. The zero-order valence-corrected chi connectivity index (χ0v) is 16.1. The first-order valence-electron chi connectivity index (χ1n) is 9.77. The number of aliphatic hydroxyl groups excluding tert-OH is 2. The first-order valence-corrected chi connectivity index (χ1v) is 9.77. The second-order valence-electron chi connectivity index (χ2n) is 7.64. The molecule has 0 unspecified atom stereocenters.